The zero-order chi connectivity index (χ0) is 15.4. The summed E-state index contributed by atoms with van der Waals surface area (Å²) in [5.41, 5.74) is 1.17. The van der Waals surface area contributed by atoms with Gasteiger partial charge in [-0.15, -0.1) is 0 Å². The Balaban J connectivity index is 1.54. The van der Waals surface area contributed by atoms with E-state index < -0.39 is 0 Å². The van der Waals surface area contributed by atoms with Gasteiger partial charge in [0.1, 0.15) is 12.4 Å². The summed E-state index contributed by atoms with van der Waals surface area (Å²) in [5.74, 6) is 1.33. The summed E-state index contributed by atoms with van der Waals surface area (Å²) in [7, 11) is 0. The van der Waals surface area contributed by atoms with Crippen LogP contribution in [0.25, 0.3) is 0 Å². The summed E-state index contributed by atoms with van der Waals surface area (Å²) < 4.78 is 11.6. The lowest BCUT2D eigenvalue weighted by Crippen LogP contribution is -2.52. The molecule has 1 saturated heterocycles. The van der Waals surface area contributed by atoms with Crippen molar-refractivity contribution in [3.05, 3.63) is 29.8 Å². The van der Waals surface area contributed by atoms with Crippen molar-refractivity contribution < 1.29 is 14.6 Å². The van der Waals surface area contributed by atoms with E-state index in [0.29, 0.717) is 18.6 Å². The van der Waals surface area contributed by atoms with Crippen molar-refractivity contribution in [1.82, 2.24) is 4.90 Å². The predicted molar refractivity (Wildman–Crippen MR) is 86.2 cm³/mol. The number of aliphatic hydroxyl groups excluding tert-OH is 1. The number of rotatable bonds is 5. The Morgan fingerprint density at radius 3 is 2.95 bits per heavy atom. The third-order valence-electron chi connectivity index (χ3n) is 5.04. The van der Waals surface area contributed by atoms with Gasteiger partial charge in [-0.2, -0.15) is 0 Å². The summed E-state index contributed by atoms with van der Waals surface area (Å²) in [5, 5.41) is 10.2. The summed E-state index contributed by atoms with van der Waals surface area (Å²) in [6.07, 6.45) is 3.03. The molecule has 3 rings (SSSR count). The Morgan fingerprint density at radius 2 is 2.18 bits per heavy atom. The molecule has 0 radical (unpaired) electrons. The molecule has 1 N–H and O–H groups in total. The average molecular weight is 305 g/mol. The Hall–Kier alpha value is -1.10. The molecule has 1 aromatic carbocycles. The molecule has 4 nitrogen and oxygen atoms in total. The van der Waals surface area contributed by atoms with Crippen molar-refractivity contribution in [1.29, 1.82) is 0 Å². The van der Waals surface area contributed by atoms with Crippen molar-refractivity contribution in [3.8, 4) is 5.75 Å². The highest BCUT2D eigenvalue weighted by Gasteiger charge is 2.37. The summed E-state index contributed by atoms with van der Waals surface area (Å²) in [6.45, 7) is 6.11. The van der Waals surface area contributed by atoms with E-state index in [1.54, 1.807) is 0 Å². The van der Waals surface area contributed by atoms with E-state index in [1.165, 1.54) is 5.56 Å². The first-order valence-corrected chi connectivity index (χ1v) is 8.44. The van der Waals surface area contributed by atoms with E-state index in [2.05, 4.69) is 17.9 Å². The molecule has 0 spiro atoms. The molecule has 0 bridgehead atoms. The number of nitrogens with zero attached hydrogens (tertiary/aromatic N) is 1. The van der Waals surface area contributed by atoms with Crippen LogP contribution in [0.1, 0.15) is 24.8 Å². The molecule has 22 heavy (non-hydrogen) atoms. The highest BCUT2D eigenvalue weighted by Crippen LogP contribution is 2.32. The lowest BCUT2D eigenvalue weighted by Gasteiger charge is -2.40. The van der Waals surface area contributed by atoms with E-state index in [-0.39, 0.29) is 6.10 Å². The van der Waals surface area contributed by atoms with Crippen LogP contribution in [-0.2, 0) is 4.74 Å². The van der Waals surface area contributed by atoms with Gasteiger partial charge in [0, 0.05) is 25.0 Å². The molecule has 2 fully saturated rings. The van der Waals surface area contributed by atoms with Gasteiger partial charge >= 0.3 is 0 Å². The van der Waals surface area contributed by atoms with Gasteiger partial charge in [0.25, 0.3) is 0 Å². The number of para-hydroxylation sites is 1. The molecule has 2 aliphatic rings. The fourth-order valence-electron chi connectivity index (χ4n) is 3.74. The van der Waals surface area contributed by atoms with Gasteiger partial charge in [-0.3, -0.25) is 4.90 Å². The van der Waals surface area contributed by atoms with Crippen LogP contribution >= 0.6 is 0 Å². The Labute approximate surface area is 133 Å². The molecule has 4 heteroatoms. The smallest absolute Gasteiger partial charge is 0.122 e. The number of aliphatic hydroxyl groups is 1. The van der Waals surface area contributed by atoms with E-state index in [4.69, 9.17) is 9.47 Å². The SMILES string of the molecule is Cc1ccccc1OCCN1CCOC[C@@H]1[C@H]1CCC[C@@H]1O. The molecule has 0 aromatic heterocycles. The summed E-state index contributed by atoms with van der Waals surface area (Å²) >= 11 is 0. The van der Waals surface area contributed by atoms with E-state index >= 15 is 0 Å². The van der Waals surface area contributed by atoms with Gasteiger partial charge < -0.3 is 14.6 Å². The summed E-state index contributed by atoms with van der Waals surface area (Å²) in [6, 6.07) is 8.47. The number of morpholine rings is 1. The van der Waals surface area contributed by atoms with E-state index in [0.717, 1.165) is 51.3 Å². The van der Waals surface area contributed by atoms with Crippen LogP contribution < -0.4 is 4.74 Å². The zero-order valence-corrected chi connectivity index (χ0v) is 13.4. The number of hydrogen-bond donors (Lipinski definition) is 1. The Kier molecular flexibility index (Phi) is 5.34. The molecule has 1 aromatic rings. The van der Waals surface area contributed by atoms with Gasteiger partial charge in [0.2, 0.25) is 0 Å². The Bertz CT molecular complexity index is 479. The van der Waals surface area contributed by atoms with Crippen molar-refractivity contribution in [3.63, 3.8) is 0 Å². The number of ether oxygens (including phenoxy) is 2. The molecule has 1 aliphatic carbocycles. The molecule has 1 saturated carbocycles. The predicted octanol–water partition coefficient (Wildman–Crippen LogP) is 2.24. The Morgan fingerprint density at radius 1 is 1.32 bits per heavy atom. The van der Waals surface area contributed by atoms with Gasteiger partial charge in [-0.1, -0.05) is 24.6 Å². The van der Waals surface area contributed by atoms with Gasteiger partial charge in [-0.05, 0) is 31.4 Å². The second-order valence-electron chi connectivity index (χ2n) is 6.45. The fourth-order valence-corrected chi connectivity index (χ4v) is 3.74. The van der Waals surface area contributed by atoms with Crippen LogP contribution in [0.3, 0.4) is 0 Å². The first-order valence-electron chi connectivity index (χ1n) is 8.44. The van der Waals surface area contributed by atoms with Crippen molar-refractivity contribution >= 4 is 0 Å². The standard InChI is InChI=1S/C18H27NO3/c1-14-5-2-3-8-18(14)22-12-10-19-9-11-21-13-16(19)15-6-4-7-17(15)20/h2-3,5,8,15-17,20H,4,6-7,9-13H2,1H3/t15-,16-,17+/m1/s1. The maximum absolute atomic E-state index is 10.2. The van der Waals surface area contributed by atoms with Gasteiger partial charge in [0.15, 0.2) is 0 Å². The van der Waals surface area contributed by atoms with Crippen molar-refractivity contribution in [2.24, 2.45) is 5.92 Å². The van der Waals surface area contributed by atoms with Crippen LogP contribution in [0.5, 0.6) is 5.75 Å². The first-order chi connectivity index (χ1) is 10.8. The molecular weight excluding hydrogens is 278 g/mol. The normalized spacial score (nSPS) is 29.6. The minimum absolute atomic E-state index is 0.161. The van der Waals surface area contributed by atoms with E-state index in [1.807, 2.05) is 18.2 Å². The average Bonchev–Trinajstić information content (AvgIpc) is 2.96. The second kappa shape index (κ2) is 7.44. The largest absolute Gasteiger partial charge is 0.492 e. The minimum atomic E-state index is -0.161. The van der Waals surface area contributed by atoms with E-state index in [9.17, 15) is 5.11 Å². The van der Waals surface area contributed by atoms with Crippen LogP contribution in [0.15, 0.2) is 24.3 Å². The van der Waals surface area contributed by atoms with Gasteiger partial charge in [-0.25, -0.2) is 0 Å². The number of benzene rings is 1. The van der Waals surface area contributed by atoms with Crippen molar-refractivity contribution in [2.75, 3.05) is 32.9 Å². The fraction of sp³-hybridized carbons (Fsp3) is 0.667. The monoisotopic (exact) mass is 305 g/mol. The summed E-state index contributed by atoms with van der Waals surface area (Å²) in [4.78, 5) is 2.45. The molecule has 122 valence electrons. The third-order valence-corrected chi connectivity index (χ3v) is 5.04. The maximum atomic E-state index is 10.2. The molecule has 1 aliphatic heterocycles. The van der Waals surface area contributed by atoms with Crippen LogP contribution in [0, 0.1) is 12.8 Å². The molecule has 3 atom stereocenters. The highest BCUT2D eigenvalue weighted by molar-refractivity contribution is 5.31. The maximum Gasteiger partial charge on any atom is 0.122 e. The number of aryl methyl sites for hydroxylation is 1. The second-order valence-corrected chi connectivity index (χ2v) is 6.45. The first kappa shape index (κ1) is 15.8. The third kappa shape index (κ3) is 3.62. The topological polar surface area (TPSA) is 41.9 Å². The molecule has 0 amide bonds. The number of hydrogen-bond acceptors (Lipinski definition) is 4. The van der Waals surface area contributed by atoms with Crippen LogP contribution in [0.4, 0.5) is 0 Å². The lowest BCUT2D eigenvalue weighted by molar-refractivity contribution is -0.0532. The molecule has 1 heterocycles. The van der Waals surface area contributed by atoms with Crippen LogP contribution in [0.2, 0.25) is 0 Å². The minimum Gasteiger partial charge on any atom is -0.492 e. The zero-order valence-electron chi connectivity index (χ0n) is 13.4. The van der Waals surface area contributed by atoms with Crippen molar-refractivity contribution in [2.45, 2.75) is 38.3 Å². The highest BCUT2D eigenvalue weighted by atomic mass is 16.5. The quantitative estimate of drug-likeness (QED) is 0.906. The molecular formula is C18H27NO3. The lowest BCUT2D eigenvalue weighted by atomic mass is 9.94. The molecule has 0 unspecified atom stereocenters. The van der Waals surface area contributed by atoms with Gasteiger partial charge in [0.05, 0.1) is 19.3 Å². The van der Waals surface area contributed by atoms with Crippen LogP contribution in [-0.4, -0.2) is 55.1 Å².